The van der Waals surface area contributed by atoms with Crippen LogP contribution in [0.1, 0.15) is 22.3 Å². The monoisotopic (exact) mass is 237 g/mol. The predicted molar refractivity (Wildman–Crippen MR) is 62.2 cm³/mol. The highest BCUT2D eigenvalue weighted by Crippen LogP contribution is 2.25. The number of hydrogen-bond donors (Lipinski definition) is 0. The summed E-state index contributed by atoms with van der Waals surface area (Å²) >= 11 is 1.60. The molecule has 86 valence electrons. The van der Waals surface area contributed by atoms with Crippen LogP contribution in [0.15, 0.2) is 6.20 Å². The summed E-state index contributed by atoms with van der Waals surface area (Å²) < 4.78 is 5.40. The Kier molecular flexibility index (Phi) is 3.88. The second-order valence-corrected chi connectivity index (χ2v) is 5.08. The first kappa shape index (κ1) is 11.5. The molecule has 0 radical (unpaired) electrons. The van der Waals surface area contributed by atoms with E-state index in [9.17, 15) is 5.26 Å². The maximum Gasteiger partial charge on any atom is 0.134 e. The lowest BCUT2D eigenvalue weighted by atomic mass is 10.2. The lowest BCUT2D eigenvalue weighted by molar-refractivity contribution is 0.138. The minimum atomic E-state index is -0.159. The SMILES string of the molecule is Cc1ncc(C(C#N)N2CCCOCC2)s1. The van der Waals surface area contributed by atoms with Crippen molar-refractivity contribution in [1.29, 1.82) is 5.26 Å². The van der Waals surface area contributed by atoms with E-state index in [0.29, 0.717) is 0 Å². The van der Waals surface area contributed by atoms with Crippen LogP contribution in [-0.4, -0.2) is 36.2 Å². The highest BCUT2D eigenvalue weighted by atomic mass is 32.1. The van der Waals surface area contributed by atoms with Crippen molar-refractivity contribution >= 4 is 11.3 Å². The van der Waals surface area contributed by atoms with E-state index in [1.165, 1.54) is 0 Å². The van der Waals surface area contributed by atoms with Crippen LogP contribution in [0.25, 0.3) is 0 Å². The van der Waals surface area contributed by atoms with Crippen molar-refractivity contribution in [2.45, 2.75) is 19.4 Å². The average Bonchev–Trinajstić information content (AvgIpc) is 2.55. The van der Waals surface area contributed by atoms with Crippen molar-refractivity contribution < 1.29 is 4.74 Å². The second-order valence-electron chi connectivity index (χ2n) is 3.82. The molecule has 16 heavy (non-hydrogen) atoms. The number of nitrogens with zero attached hydrogens (tertiary/aromatic N) is 3. The Labute approximate surface area is 99.5 Å². The van der Waals surface area contributed by atoms with E-state index < -0.39 is 0 Å². The Morgan fingerprint density at radius 3 is 3.12 bits per heavy atom. The van der Waals surface area contributed by atoms with Gasteiger partial charge in [-0.3, -0.25) is 4.90 Å². The lowest BCUT2D eigenvalue weighted by Crippen LogP contribution is -2.29. The largest absolute Gasteiger partial charge is 0.380 e. The highest BCUT2D eigenvalue weighted by molar-refractivity contribution is 7.11. The summed E-state index contributed by atoms with van der Waals surface area (Å²) in [6.07, 6.45) is 2.82. The Morgan fingerprint density at radius 2 is 2.44 bits per heavy atom. The number of hydrogen-bond acceptors (Lipinski definition) is 5. The van der Waals surface area contributed by atoms with Crippen LogP contribution in [0, 0.1) is 18.3 Å². The van der Waals surface area contributed by atoms with Gasteiger partial charge >= 0.3 is 0 Å². The molecule has 0 amide bonds. The van der Waals surface area contributed by atoms with Crippen molar-refractivity contribution in [2.75, 3.05) is 26.3 Å². The van der Waals surface area contributed by atoms with Crippen LogP contribution in [0.2, 0.25) is 0 Å². The smallest absolute Gasteiger partial charge is 0.134 e. The minimum absolute atomic E-state index is 0.159. The van der Waals surface area contributed by atoms with E-state index in [4.69, 9.17) is 4.74 Å². The number of rotatable bonds is 2. The second kappa shape index (κ2) is 5.39. The van der Waals surface area contributed by atoms with Crippen molar-refractivity contribution in [1.82, 2.24) is 9.88 Å². The molecule has 0 aliphatic carbocycles. The lowest BCUT2D eigenvalue weighted by Gasteiger charge is -2.23. The van der Waals surface area contributed by atoms with E-state index in [0.717, 1.165) is 42.6 Å². The number of aryl methyl sites for hydroxylation is 1. The molecule has 1 atom stereocenters. The van der Waals surface area contributed by atoms with Crippen molar-refractivity contribution in [3.63, 3.8) is 0 Å². The standard InChI is InChI=1S/C11H15N3OS/c1-9-13-8-11(16-9)10(7-12)14-3-2-5-15-6-4-14/h8,10H,2-6H2,1H3. The molecule has 0 saturated carbocycles. The predicted octanol–water partition coefficient (Wildman–Crippen LogP) is 1.74. The first-order chi connectivity index (χ1) is 7.81. The maximum atomic E-state index is 9.28. The van der Waals surface area contributed by atoms with Gasteiger partial charge in [-0.2, -0.15) is 5.26 Å². The van der Waals surface area contributed by atoms with Crippen LogP contribution in [0.5, 0.6) is 0 Å². The summed E-state index contributed by atoms with van der Waals surface area (Å²) in [7, 11) is 0. The Balaban J connectivity index is 2.12. The van der Waals surface area contributed by atoms with Gasteiger partial charge in [0.25, 0.3) is 0 Å². The zero-order valence-electron chi connectivity index (χ0n) is 9.35. The maximum absolute atomic E-state index is 9.28. The molecular formula is C11H15N3OS. The summed E-state index contributed by atoms with van der Waals surface area (Å²) in [5.74, 6) is 0. The molecule has 0 aromatic carbocycles. The number of nitriles is 1. The number of aromatic nitrogens is 1. The van der Waals surface area contributed by atoms with Crippen LogP contribution in [-0.2, 0) is 4.74 Å². The third kappa shape index (κ3) is 2.59. The van der Waals surface area contributed by atoms with Crippen LogP contribution in [0.3, 0.4) is 0 Å². The third-order valence-corrected chi connectivity index (χ3v) is 3.62. The van der Waals surface area contributed by atoms with Gasteiger partial charge in [-0.1, -0.05) is 0 Å². The van der Waals surface area contributed by atoms with Crippen molar-refractivity contribution in [3.05, 3.63) is 16.1 Å². The molecule has 1 aromatic heterocycles. The molecule has 4 nitrogen and oxygen atoms in total. The van der Waals surface area contributed by atoms with Gasteiger partial charge in [0.1, 0.15) is 6.04 Å². The number of ether oxygens (including phenoxy) is 1. The van der Waals surface area contributed by atoms with Crippen LogP contribution in [0.4, 0.5) is 0 Å². The van der Waals surface area contributed by atoms with Gasteiger partial charge in [0, 0.05) is 25.9 Å². The molecular weight excluding hydrogens is 222 g/mol. The Bertz CT molecular complexity index is 377. The van der Waals surface area contributed by atoms with Gasteiger partial charge in [-0.05, 0) is 13.3 Å². The van der Waals surface area contributed by atoms with Crippen molar-refractivity contribution in [2.24, 2.45) is 0 Å². The Morgan fingerprint density at radius 1 is 1.56 bits per heavy atom. The molecule has 0 bridgehead atoms. The molecule has 2 heterocycles. The minimum Gasteiger partial charge on any atom is -0.380 e. The fourth-order valence-corrected chi connectivity index (χ4v) is 2.72. The Hall–Kier alpha value is -0.960. The number of thiazole rings is 1. The molecule has 1 fully saturated rings. The average molecular weight is 237 g/mol. The molecule has 1 aliphatic heterocycles. The fourth-order valence-electron chi connectivity index (χ4n) is 1.85. The zero-order chi connectivity index (χ0) is 11.4. The van der Waals surface area contributed by atoms with Crippen LogP contribution < -0.4 is 0 Å². The third-order valence-electron chi connectivity index (χ3n) is 2.65. The zero-order valence-corrected chi connectivity index (χ0v) is 10.2. The molecule has 1 aromatic rings. The topological polar surface area (TPSA) is 49.2 Å². The van der Waals surface area contributed by atoms with E-state index in [1.807, 2.05) is 13.1 Å². The van der Waals surface area contributed by atoms with Crippen molar-refractivity contribution in [3.8, 4) is 6.07 Å². The highest BCUT2D eigenvalue weighted by Gasteiger charge is 2.22. The van der Waals surface area contributed by atoms with E-state index in [1.54, 1.807) is 11.3 Å². The van der Waals surface area contributed by atoms with Gasteiger partial charge in [-0.15, -0.1) is 11.3 Å². The van der Waals surface area contributed by atoms with E-state index in [2.05, 4.69) is 16.0 Å². The quantitative estimate of drug-likeness (QED) is 0.786. The first-order valence-corrected chi connectivity index (χ1v) is 6.26. The molecule has 2 rings (SSSR count). The van der Waals surface area contributed by atoms with Gasteiger partial charge < -0.3 is 4.74 Å². The van der Waals surface area contributed by atoms with Gasteiger partial charge in [-0.25, -0.2) is 4.98 Å². The van der Waals surface area contributed by atoms with Gasteiger partial charge in [0.2, 0.25) is 0 Å². The van der Waals surface area contributed by atoms with E-state index in [-0.39, 0.29) is 6.04 Å². The molecule has 0 spiro atoms. The fraction of sp³-hybridized carbons (Fsp3) is 0.636. The van der Waals surface area contributed by atoms with Gasteiger partial charge in [0.05, 0.1) is 22.6 Å². The molecule has 0 N–H and O–H groups in total. The molecule has 5 heteroatoms. The summed E-state index contributed by atoms with van der Waals surface area (Å²) in [5, 5.41) is 10.3. The van der Waals surface area contributed by atoms with Gasteiger partial charge in [0.15, 0.2) is 0 Å². The van der Waals surface area contributed by atoms with E-state index >= 15 is 0 Å². The summed E-state index contributed by atoms with van der Waals surface area (Å²) in [6, 6.07) is 2.21. The molecule has 1 aliphatic rings. The van der Waals surface area contributed by atoms with Crippen LogP contribution >= 0.6 is 11.3 Å². The normalized spacial score (nSPS) is 20.0. The summed E-state index contributed by atoms with van der Waals surface area (Å²) in [5.41, 5.74) is 0. The summed E-state index contributed by atoms with van der Waals surface area (Å²) in [6.45, 7) is 5.24. The summed E-state index contributed by atoms with van der Waals surface area (Å²) in [4.78, 5) is 7.44. The molecule has 1 unspecified atom stereocenters. The first-order valence-electron chi connectivity index (χ1n) is 5.45. The molecule has 1 saturated heterocycles.